The van der Waals surface area contributed by atoms with Gasteiger partial charge in [-0.25, -0.2) is 0 Å². The van der Waals surface area contributed by atoms with Crippen molar-refractivity contribution in [3.8, 4) is 0 Å². The summed E-state index contributed by atoms with van der Waals surface area (Å²) in [5, 5.41) is 80.6. The van der Waals surface area contributed by atoms with E-state index >= 15 is 0 Å². The molecule has 0 amide bonds. The second-order valence-electron chi connectivity index (χ2n) is 9.79. The summed E-state index contributed by atoms with van der Waals surface area (Å²) in [5.74, 6) is -0.708. The van der Waals surface area contributed by atoms with Crippen molar-refractivity contribution in [2.45, 2.75) is 138 Å². The zero-order valence-electron chi connectivity index (χ0n) is 20.8. The number of hydrogen-bond donors (Lipinski definition) is 8. The Balaban J connectivity index is 1.94. The van der Waals surface area contributed by atoms with Gasteiger partial charge in [-0.3, -0.25) is 4.79 Å². The van der Waals surface area contributed by atoms with Gasteiger partial charge in [0.15, 0.2) is 12.4 Å². The predicted octanol–water partition coefficient (Wildman–Crippen LogP) is -1.54. The fourth-order valence-corrected chi connectivity index (χ4v) is 4.60. The van der Waals surface area contributed by atoms with Gasteiger partial charge in [0.1, 0.15) is 54.9 Å². The number of aliphatic hydroxyl groups excluding tert-OH is 8. The highest BCUT2D eigenvalue weighted by molar-refractivity contribution is 5.69. The largest absolute Gasteiger partial charge is 0.457 e. The third-order valence-corrected chi connectivity index (χ3v) is 6.94. The van der Waals surface area contributed by atoms with Crippen LogP contribution in [-0.4, -0.2) is 121 Å². The van der Waals surface area contributed by atoms with E-state index < -0.39 is 79.9 Å². The highest BCUT2D eigenvalue weighted by atomic mass is 16.7. The molecule has 11 atom stereocenters. The number of carbonyl (C=O) groups excluding carboxylic acids is 1. The third-order valence-electron chi connectivity index (χ3n) is 6.94. The van der Waals surface area contributed by atoms with Crippen molar-refractivity contribution < 1.29 is 59.9 Å². The van der Waals surface area contributed by atoms with Crippen LogP contribution in [0.5, 0.6) is 0 Å². The number of ether oxygens (including phenoxy) is 3. The molecule has 212 valence electrons. The molecule has 1 saturated heterocycles. The van der Waals surface area contributed by atoms with Crippen LogP contribution in [0.2, 0.25) is 0 Å². The number of esters is 1. The van der Waals surface area contributed by atoms with Crippen LogP contribution in [0.25, 0.3) is 0 Å². The number of aliphatic hydroxyl groups is 8. The van der Waals surface area contributed by atoms with E-state index in [1.165, 1.54) is 25.7 Å². The fraction of sp³-hybridized carbons (Fsp3) is 0.958. The number of unbranched alkanes of at least 4 members (excludes halogenated alkanes) is 8. The van der Waals surface area contributed by atoms with E-state index in [4.69, 9.17) is 14.2 Å². The Hall–Kier alpha value is -0.930. The van der Waals surface area contributed by atoms with E-state index in [0.717, 1.165) is 25.7 Å². The minimum Gasteiger partial charge on any atom is -0.457 e. The summed E-state index contributed by atoms with van der Waals surface area (Å²) in [6.45, 7) is 1.44. The number of carbonyl (C=O) groups is 1. The first kappa shape index (κ1) is 31.3. The Morgan fingerprint density at radius 1 is 0.667 bits per heavy atom. The smallest absolute Gasteiger partial charge is 0.306 e. The summed E-state index contributed by atoms with van der Waals surface area (Å²) < 4.78 is 16.1. The average Bonchev–Trinajstić information content (AvgIpc) is 2.87. The van der Waals surface area contributed by atoms with E-state index in [9.17, 15) is 45.6 Å². The van der Waals surface area contributed by atoms with E-state index in [1.54, 1.807) is 0 Å². The van der Waals surface area contributed by atoms with Crippen molar-refractivity contribution in [1.82, 2.24) is 0 Å². The lowest BCUT2D eigenvalue weighted by Gasteiger charge is -2.46. The molecular weight excluding hydrogens is 480 g/mol. The van der Waals surface area contributed by atoms with Crippen LogP contribution in [0.1, 0.15) is 71.1 Å². The number of rotatable bonds is 14. The molecule has 0 aromatic carbocycles. The van der Waals surface area contributed by atoms with Gasteiger partial charge in [-0.05, 0) is 6.42 Å². The van der Waals surface area contributed by atoms with E-state index in [-0.39, 0.29) is 6.42 Å². The molecule has 1 saturated carbocycles. The maximum atomic E-state index is 12.5. The van der Waals surface area contributed by atoms with Crippen LogP contribution in [0.15, 0.2) is 0 Å². The Morgan fingerprint density at radius 2 is 1.17 bits per heavy atom. The molecule has 2 rings (SSSR count). The van der Waals surface area contributed by atoms with Gasteiger partial charge in [0.2, 0.25) is 0 Å². The highest BCUT2D eigenvalue weighted by Gasteiger charge is 2.54. The second kappa shape index (κ2) is 15.5. The van der Waals surface area contributed by atoms with Crippen LogP contribution >= 0.6 is 0 Å². The Kier molecular flexibility index (Phi) is 13.4. The average molecular weight is 525 g/mol. The molecule has 36 heavy (non-hydrogen) atoms. The van der Waals surface area contributed by atoms with Crippen molar-refractivity contribution in [2.75, 3.05) is 6.61 Å². The molecule has 0 spiro atoms. The lowest BCUT2D eigenvalue weighted by atomic mass is 9.84. The van der Waals surface area contributed by atoms with E-state index in [0.29, 0.717) is 6.42 Å². The van der Waals surface area contributed by atoms with Crippen LogP contribution in [0.4, 0.5) is 0 Å². The van der Waals surface area contributed by atoms with E-state index in [2.05, 4.69) is 6.92 Å². The van der Waals surface area contributed by atoms with Gasteiger partial charge in [-0.15, -0.1) is 0 Å². The van der Waals surface area contributed by atoms with Crippen molar-refractivity contribution >= 4 is 5.97 Å². The monoisotopic (exact) mass is 524 g/mol. The molecule has 12 nitrogen and oxygen atoms in total. The van der Waals surface area contributed by atoms with Crippen LogP contribution in [-0.2, 0) is 19.0 Å². The molecule has 1 heterocycles. The number of hydrogen-bond acceptors (Lipinski definition) is 12. The molecule has 0 radical (unpaired) electrons. The van der Waals surface area contributed by atoms with Crippen molar-refractivity contribution in [2.24, 2.45) is 0 Å². The molecule has 0 unspecified atom stereocenters. The maximum absolute atomic E-state index is 12.5. The first-order chi connectivity index (χ1) is 17.1. The Labute approximate surface area is 211 Å². The zero-order chi connectivity index (χ0) is 26.8. The fourth-order valence-electron chi connectivity index (χ4n) is 4.60. The third kappa shape index (κ3) is 8.29. The molecule has 1 aliphatic heterocycles. The van der Waals surface area contributed by atoms with Crippen molar-refractivity contribution in [3.05, 3.63) is 0 Å². The zero-order valence-corrected chi connectivity index (χ0v) is 20.8. The lowest BCUT2D eigenvalue weighted by molar-refractivity contribution is -0.340. The first-order valence-electron chi connectivity index (χ1n) is 13.0. The van der Waals surface area contributed by atoms with Gasteiger partial charge >= 0.3 is 5.97 Å². The van der Waals surface area contributed by atoms with Gasteiger partial charge in [0.05, 0.1) is 6.61 Å². The topological polar surface area (TPSA) is 207 Å². The minimum absolute atomic E-state index is 0.0283. The highest BCUT2D eigenvalue weighted by Crippen LogP contribution is 2.31. The summed E-state index contributed by atoms with van der Waals surface area (Å²) in [4.78, 5) is 12.5. The van der Waals surface area contributed by atoms with Gasteiger partial charge in [-0.1, -0.05) is 58.3 Å². The molecule has 1 aliphatic carbocycles. The molecule has 12 heteroatoms. The summed E-state index contributed by atoms with van der Waals surface area (Å²) in [6.07, 6.45) is -9.53. The normalized spacial score (nSPS) is 39.2. The molecule has 0 aromatic rings. The summed E-state index contributed by atoms with van der Waals surface area (Å²) in [6, 6.07) is 0. The van der Waals surface area contributed by atoms with Gasteiger partial charge in [0.25, 0.3) is 0 Å². The Bertz CT molecular complexity index is 634. The van der Waals surface area contributed by atoms with Gasteiger partial charge < -0.3 is 55.1 Å². The molecule has 0 bridgehead atoms. The van der Waals surface area contributed by atoms with E-state index in [1.807, 2.05) is 0 Å². The SMILES string of the molecule is CCCCCCCCCCCC(=O)O[C@@H]1[C@H](O)[C@@H](O)[C@H](O)[C@@H](O)[C@@H]1O[C@@H]1O[C@H](CO)[C@@H](O)[C@H](O)[C@H]1O. The van der Waals surface area contributed by atoms with Crippen LogP contribution in [0, 0.1) is 0 Å². The Morgan fingerprint density at radius 3 is 1.72 bits per heavy atom. The second-order valence-corrected chi connectivity index (χ2v) is 9.79. The summed E-state index contributed by atoms with van der Waals surface area (Å²) >= 11 is 0. The molecule has 2 fully saturated rings. The molecule has 8 N–H and O–H groups in total. The van der Waals surface area contributed by atoms with Crippen molar-refractivity contribution in [1.29, 1.82) is 0 Å². The molecule has 2 aliphatic rings. The molecular formula is C24H44O12. The van der Waals surface area contributed by atoms with Gasteiger partial charge in [0, 0.05) is 6.42 Å². The minimum atomic E-state index is -1.87. The predicted molar refractivity (Wildman–Crippen MR) is 124 cm³/mol. The van der Waals surface area contributed by atoms with Crippen LogP contribution < -0.4 is 0 Å². The summed E-state index contributed by atoms with van der Waals surface area (Å²) in [5.41, 5.74) is 0. The molecule has 0 aromatic heterocycles. The van der Waals surface area contributed by atoms with Crippen molar-refractivity contribution in [3.63, 3.8) is 0 Å². The quantitative estimate of drug-likeness (QED) is 0.0961. The maximum Gasteiger partial charge on any atom is 0.306 e. The van der Waals surface area contributed by atoms with Gasteiger partial charge in [-0.2, -0.15) is 0 Å². The first-order valence-corrected chi connectivity index (χ1v) is 13.0. The standard InChI is InChI=1S/C24H44O12/c1-2-3-4-5-6-7-8-9-10-11-14(26)35-22-19(31)17(29)18(30)20(32)23(22)36-24-21(33)16(28)15(27)13(12-25)34-24/h13,15-25,27-33H,2-12H2,1H3/t13-,15-,16+,17+,18+,19-,20-,21-,22-,23+,24+/m1/s1. The lowest BCUT2D eigenvalue weighted by Crippen LogP contribution is -2.67. The summed E-state index contributed by atoms with van der Waals surface area (Å²) in [7, 11) is 0. The van der Waals surface area contributed by atoms with Crippen LogP contribution in [0.3, 0.4) is 0 Å².